The Morgan fingerprint density at radius 3 is 2.05 bits per heavy atom. The number of hydrogen-bond donors (Lipinski definition) is 1. The molecule has 0 radical (unpaired) electrons. The third kappa shape index (κ3) is 4.60. The zero-order valence-electron chi connectivity index (χ0n) is 13.3. The minimum atomic E-state index is -0.220. The summed E-state index contributed by atoms with van der Waals surface area (Å²) in [5.74, 6) is 0.698. The molecule has 22 heavy (non-hydrogen) atoms. The first kappa shape index (κ1) is 19.3. The molecular weight excluding hydrogens is 416 g/mol. The molecule has 1 amide bonds. The van der Waals surface area contributed by atoms with Gasteiger partial charge in [0, 0.05) is 13.1 Å². The van der Waals surface area contributed by atoms with E-state index in [9.17, 15) is 4.79 Å². The maximum Gasteiger partial charge on any atom is 0.258 e. The smallest absolute Gasteiger partial charge is 0.258 e. The molecule has 1 aromatic rings. The van der Waals surface area contributed by atoms with Gasteiger partial charge >= 0.3 is 0 Å². The summed E-state index contributed by atoms with van der Waals surface area (Å²) in [6, 6.07) is 1.80. The number of nitrogens with zero attached hydrogens (tertiary/aromatic N) is 1. The Hall–Kier alpha value is -0.790. The van der Waals surface area contributed by atoms with Gasteiger partial charge in [-0.25, -0.2) is 0 Å². The van der Waals surface area contributed by atoms with Gasteiger partial charge in [0.05, 0.1) is 23.2 Å². The van der Waals surface area contributed by atoms with Crippen molar-refractivity contribution in [1.82, 2.24) is 10.2 Å². The van der Waals surface area contributed by atoms with Crippen molar-refractivity contribution in [3.05, 3.63) is 20.6 Å². The summed E-state index contributed by atoms with van der Waals surface area (Å²) in [4.78, 5) is 14.8. The highest BCUT2D eigenvalue weighted by atomic mass is 79.9. The van der Waals surface area contributed by atoms with Crippen LogP contribution in [-0.2, 0) is 0 Å². The molecule has 0 saturated carbocycles. The highest BCUT2D eigenvalue weighted by molar-refractivity contribution is 9.11. The molecular formula is C15H22Br2N2O3. The van der Waals surface area contributed by atoms with Crippen LogP contribution in [0.3, 0.4) is 0 Å². The van der Waals surface area contributed by atoms with Gasteiger partial charge < -0.3 is 19.7 Å². The van der Waals surface area contributed by atoms with Crippen molar-refractivity contribution in [2.24, 2.45) is 0 Å². The number of carbonyl (C=O) groups is 1. The Morgan fingerprint density at radius 1 is 1.14 bits per heavy atom. The molecule has 1 aromatic carbocycles. The second kappa shape index (κ2) is 9.37. The van der Waals surface area contributed by atoms with Gasteiger partial charge in [0.15, 0.2) is 0 Å². The molecule has 0 fully saturated rings. The quantitative estimate of drug-likeness (QED) is 0.677. The van der Waals surface area contributed by atoms with Crippen molar-refractivity contribution in [1.29, 1.82) is 0 Å². The minimum Gasteiger partial charge on any atom is -0.495 e. The molecule has 0 aromatic heterocycles. The van der Waals surface area contributed by atoms with Crippen molar-refractivity contribution >= 4 is 37.8 Å². The molecule has 0 atom stereocenters. The first-order valence-electron chi connectivity index (χ1n) is 7.10. The molecule has 7 heteroatoms. The first-order valence-corrected chi connectivity index (χ1v) is 8.69. The van der Waals surface area contributed by atoms with Crippen LogP contribution in [0.2, 0.25) is 0 Å². The largest absolute Gasteiger partial charge is 0.495 e. The van der Waals surface area contributed by atoms with E-state index in [-0.39, 0.29) is 5.91 Å². The van der Waals surface area contributed by atoms with E-state index >= 15 is 0 Å². The molecule has 1 N–H and O–H groups in total. The van der Waals surface area contributed by atoms with E-state index in [1.165, 1.54) is 14.2 Å². The van der Waals surface area contributed by atoms with E-state index in [2.05, 4.69) is 55.9 Å². The van der Waals surface area contributed by atoms with Crippen LogP contribution in [0.15, 0.2) is 15.0 Å². The molecule has 0 saturated heterocycles. The summed E-state index contributed by atoms with van der Waals surface area (Å²) in [7, 11) is 3.06. The number of nitrogens with one attached hydrogen (secondary N) is 1. The second-order valence-corrected chi connectivity index (χ2v) is 6.27. The van der Waals surface area contributed by atoms with Gasteiger partial charge in [0.25, 0.3) is 5.91 Å². The van der Waals surface area contributed by atoms with E-state index in [1.807, 2.05) is 0 Å². The fraction of sp³-hybridized carbons (Fsp3) is 0.533. The summed E-state index contributed by atoms with van der Waals surface area (Å²) in [6.45, 7) is 7.49. The molecule has 1 rings (SSSR count). The molecule has 0 unspecified atom stereocenters. The van der Waals surface area contributed by atoms with Gasteiger partial charge in [0.2, 0.25) is 0 Å². The molecule has 0 aliphatic heterocycles. The third-order valence-electron chi connectivity index (χ3n) is 3.38. The number of rotatable bonds is 8. The van der Waals surface area contributed by atoms with Gasteiger partial charge in [-0.2, -0.15) is 0 Å². The number of likely N-dealkylation sites (N-methyl/N-ethyl adjacent to an activating group) is 1. The summed E-state index contributed by atoms with van der Waals surface area (Å²) in [5.41, 5.74) is 0.380. The molecule has 0 bridgehead atoms. The SMILES string of the molecule is CCN(CC)CCNC(=O)c1c(OC)c(Br)cc(Br)c1OC. The molecule has 0 heterocycles. The molecule has 0 aliphatic carbocycles. The van der Waals surface area contributed by atoms with E-state index in [1.54, 1.807) is 6.07 Å². The topological polar surface area (TPSA) is 50.8 Å². The molecule has 0 aliphatic rings. The van der Waals surface area contributed by atoms with Crippen LogP contribution in [0.4, 0.5) is 0 Å². The number of halogens is 2. The molecule has 124 valence electrons. The van der Waals surface area contributed by atoms with Crippen LogP contribution in [-0.4, -0.2) is 51.2 Å². The molecule has 5 nitrogen and oxygen atoms in total. The number of ether oxygens (including phenoxy) is 2. The number of carbonyl (C=O) groups excluding carboxylic acids is 1. The zero-order chi connectivity index (χ0) is 16.7. The number of hydrogen-bond acceptors (Lipinski definition) is 4. The predicted molar refractivity (Wildman–Crippen MR) is 95.1 cm³/mol. The summed E-state index contributed by atoms with van der Waals surface area (Å²) < 4.78 is 12.1. The van der Waals surface area contributed by atoms with Gasteiger partial charge in [-0.3, -0.25) is 4.79 Å². The fourth-order valence-electron chi connectivity index (χ4n) is 2.15. The summed E-state index contributed by atoms with van der Waals surface area (Å²) in [5, 5.41) is 2.92. The van der Waals surface area contributed by atoms with Crippen LogP contribution in [0.25, 0.3) is 0 Å². The van der Waals surface area contributed by atoms with E-state index in [0.29, 0.717) is 32.6 Å². The van der Waals surface area contributed by atoms with E-state index in [0.717, 1.165) is 19.6 Å². The Balaban J connectivity index is 2.96. The monoisotopic (exact) mass is 436 g/mol. The van der Waals surface area contributed by atoms with Crippen molar-refractivity contribution < 1.29 is 14.3 Å². The lowest BCUT2D eigenvalue weighted by molar-refractivity contribution is 0.0942. The summed E-state index contributed by atoms with van der Waals surface area (Å²) >= 11 is 6.81. The van der Waals surface area contributed by atoms with Crippen molar-refractivity contribution in [2.75, 3.05) is 40.4 Å². The third-order valence-corrected chi connectivity index (χ3v) is 4.56. The standard InChI is InChI=1S/C15H22Br2N2O3/c1-5-19(6-2)8-7-18-15(20)12-13(21-3)10(16)9-11(17)14(12)22-4/h9H,5-8H2,1-4H3,(H,18,20). The van der Waals surface area contributed by atoms with Gasteiger partial charge in [-0.15, -0.1) is 0 Å². The van der Waals surface area contributed by atoms with E-state index in [4.69, 9.17) is 9.47 Å². The molecule has 0 spiro atoms. The summed E-state index contributed by atoms with van der Waals surface area (Å²) in [6.07, 6.45) is 0. The lowest BCUT2D eigenvalue weighted by atomic mass is 10.1. The minimum absolute atomic E-state index is 0.220. The second-order valence-electron chi connectivity index (χ2n) is 4.56. The number of benzene rings is 1. The van der Waals surface area contributed by atoms with Crippen LogP contribution in [0, 0.1) is 0 Å². The van der Waals surface area contributed by atoms with Crippen LogP contribution in [0.1, 0.15) is 24.2 Å². The van der Waals surface area contributed by atoms with Crippen LogP contribution in [0.5, 0.6) is 11.5 Å². The van der Waals surface area contributed by atoms with Gasteiger partial charge in [-0.1, -0.05) is 13.8 Å². The normalized spacial score (nSPS) is 10.7. The Morgan fingerprint density at radius 2 is 1.64 bits per heavy atom. The first-order chi connectivity index (χ1) is 10.5. The van der Waals surface area contributed by atoms with Crippen molar-refractivity contribution in [3.63, 3.8) is 0 Å². The van der Waals surface area contributed by atoms with Gasteiger partial charge in [-0.05, 0) is 51.0 Å². The highest BCUT2D eigenvalue weighted by Gasteiger charge is 2.23. The maximum absolute atomic E-state index is 12.5. The maximum atomic E-state index is 12.5. The lowest BCUT2D eigenvalue weighted by Crippen LogP contribution is -2.35. The van der Waals surface area contributed by atoms with Crippen molar-refractivity contribution in [3.8, 4) is 11.5 Å². The van der Waals surface area contributed by atoms with Crippen molar-refractivity contribution in [2.45, 2.75) is 13.8 Å². The highest BCUT2D eigenvalue weighted by Crippen LogP contribution is 2.41. The van der Waals surface area contributed by atoms with E-state index < -0.39 is 0 Å². The Bertz CT molecular complexity index is 492. The average Bonchev–Trinajstić information content (AvgIpc) is 2.50. The lowest BCUT2D eigenvalue weighted by Gasteiger charge is -2.19. The van der Waals surface area contributed by atoms with Crippen LogP contribution >= 0.6 is 31.9 Å². The predicted octanol–water partition coefficient (Wildman–Crippen LogP) is 3.30. The van der Waals surface area contributed by atoms with Gasteiger partial charge in [0.1, 0.15) is 17.1 Å². The number of amides is 1. The zero-order valence-corrected chi connectivity index (χ0v) is 16.5. The fourth-order valence-corrected chi connectivity index (χ4v) is 3.63. The Labute approximate surface area is 148 Å². The van der Waals surface area contributed by atoms with Crippen LogP contribution < -0.4 is 14.8 Å². The number of methoxy groups -OCH3 is 2. The average molecular weight is 438 g/mol. The Kier molecular flexibility index (Phi) is 8.20.